The standard InChI is InChI=1S/C20H31N3O3/c1-3-26-19-11-7-5-9-16(19)18(22-14(2)24)12-20(25)23-17-10-6-4-8-15(17)13-21/h5,7,9,11,15,17-18H,3-4,6,8,10,12-13,21H2,1-2H3,(H,22,24)(H,23,25). The van der Waals surface area contributed by atoms with Crippen molar-refractivity contribution in [2.75, 3.05) is 13.2 Å². The summed E-state index contributed by atoms with van der Waals surface area (Å²) in [6.07, 6.45) is 4.49. The van der Waals surface area contributed by atoms with Gasteiger partial charge in [0, 0.05) is 18.5 Å². The molecule has 1 aromatic carbocycles. The Hall–Kier alpha value is -2.08. The highest BCUT2D eigenvalue weighted by Crippen LogP contribution is 2.28. The van der Waals surface area contributed by atoms with Crippen LogP contribution >= 0.6 is 0 Å². The number of carbonyl (C=O) groups excluding carboxylic acids is 2. The van der Waals surface area contributed by atoms with Gasteiger partial charge in [0.05, 0.1) is 19.1 Å². The average Bonchev–Trinajstić information content (AvgIpc) is 2.62. The first kappa shape index (κ1) is 20.2. The van der Waals surface area contributed by atoms with Gasteiger partial charge in [-0.2, -0.15) is 0 Å². The van der Waals surface area contributed by atoms with Crippen LogP contribution in [0.5, 0.6) is 5.75 Å². The highest BCUT2D eigenvalue weighted by Gasteiger charge is 2.27. The van der Waals surface area contributed by atoms with Crippen molar-refractivity contribution in [1.82, 2.24) is 10.6 Å². The Morgan fingerprint density at radius 2 is 2.00 bits per heavy atom. The molecule has 6 nitrogen and oxygen atoms in total. The molecule has 0 spiro atoms. The summed E-state index contributed by atoms with van der Waals surface area (Å²) in [4.78, 5) is 24.3. The van der Waals surface area contributed by atoms with E-state index in [1.54, 1.807) is 0 Å². The van der Waals surface area contributed by atoms with E-state index in [0.717, 1.165) is 24.8 Å². The van der Waals surface area contributed by atoms with Crippen molar-refractivity contribution in [1.29, 1.82) is 0 Å². The second-order valence-corrected chi connectivity index (χ2v) is 6.88. The number of para-hydroxylation sites is 1. The Bertz CT molecular complexity index is 606. The molecule has 2 amide bonds. The third-order valence-electron chi connectivity index (χ3n) is 4.92. The number of ether oxygens (including phenoxy) is 1. The minimum absolute atomic E-state index is 0.0691. The second kappa shape index (κ2) is 10.2. The summed E-state index contributed by atoms with van der Waals surface area (Å²) < 4.78 is 5.67. The molecule has 2 rings (SSSR count). The van der Waals surface area contributed by atoms with Crippen molar-refractivity contribution in [3.05, 3.63) is 29.8 Å². The van der Waals surface area contributed by atoms with Crippen LogP contribution < -0.4 is 21.1 Å². The molecule has 1 saturated carbocycles. The van der Waals surface area contributed by atoms with Crippen LogP contribution in [0.2, 0.25) is 0 Å². The van der Waals surface area contributed by atoms with Crippen molar-refractivity contribution in [2.24, 2.45) is 11.7 Å². The van der Waals surface area contributed by atoms with E-state index in [1.165, 1.54) is 13.3 Å². The van der Waals surface area contributed by atoms with Gasteiger partial charge in [0.2, 0.25) is 11.8 Å². The van der Waals surface area contributed by atoms with Crippen molar-refractivity contribution in [2.45, 2.75) is 58.0 Å². The summed E-state index contributed by atoms with van der Waals surface area (Å²) in [5.74, 6) is 0.786. The van der Waals surface area contributed by atoms with Crippen LogP contribution in [0.25, 0.3) is 0 Å². The molecule has 144 valence electrons. The molecule has 0 bridgehead atoms. The molecule has 1 fully saturated rings. The summed E-state index contributed by atoms with van der Waals surface area (Å²) in [5, 5.41) is 6.02. The Morgan fingerprint density at radius 1 is 1.27 bits per heavy atom. The Balaban J connectivity index is 2.10. The summed E-state index contributed by atoms with van der Waals surface area (Å²) in [6, 6.07) is 7.22. The molecule has 3 atom stereocenters. The number of carbonyl (C=O) groups is 2. The van der Waals surface area contributed by atoms with Crippen LogP contribution in [-0.4, -0.2) is 31.0 Å². The summed E-state index contributed by atoms with van der Waals surface area (Å²) in [5.41, 5.74) is 6.67. The molecule has 6 heteroatoms. The molecule has 1 aliphatic rings. The van der Waals surface area contributed by atoms with Crippen molar-refractivity contribution in [3.63, 3.8) is 0 Å². The number of hydrogen-bond acceptors (Lipinski definition) is 4. The van der Waals surface area contributed by atoms with Crippen LogP contribution in [0.1, 0.15) is 57.6 Å². The highest BCUT2D eigenvalue weighted by atomic mass is 16.5. The molecule has 1 aliphatic carbocycles. The van der Waals surface area contributed by atoms with Crippen LogP contribution in [-0.2, 0) is 9.59 Å². The van der Waals surface area contributed by atoms with Gasteiger partial charge in [-0.1, -0.05) is 31.0 Å². The monoisotopic (exact) mass is 361 g/mol. The van der Waals surface area contributed by atoms with E-state index < -0.39 is 6.04 Å². The lowest BCUT2D eigenvalue weighted by Crippen LogP contribution is -2.45. The predicted octanol–water partition coefficient (Wildman–Crippen LogP) is 2.29. The fourth-order valence-electron chi connectivity index (χ4n) is 3.67. The normalized spacial score (nSPS) is 20.9. The van der Waals surface area contributed by atoms with Crippen LogP contribution in [0.4, 0.5) is 0 Å². The second-order valence-electron chi connectivity index (χ2n) is 6.88. The minimum Gasteiger partial charge on any atom is -0.494 e. The summed E-state index contributed by atoms with van der Waals surface area (Å²) in [6.45, 7) is 4.48. The third kappa shape index (κ3) is 5.73. The SMILES string of the molecule is CCOc1ccccc1C(CC(=O)NC1CCCCC1CN)NC(C)=O. The lowest BCUT2D eigenvalue weighted by molar-refractivity contribution is -0.123. The third-order valence-corrected chi connectivity index (χ3v) is 4.92. The first-order valence-electron chi connectivity index (χ1n) is 9.53. The highest BCUT2D eigenvalue weighted by molar-refractivity contribution is 5.79. The van der Waals surface area contributed by atoms with Crippen molar-refractivity contribution < 1.29 is 14.3 Å². The maximum Gasteiger partial charge on any atom is 0.222 e. The molecule has 0 saturated heterocycles. The molecule has 3 unspecified atom stereocenters. The molecule has 0 heterocycles. The fourth-order valence-corrected chi connectivity index (χ4v) is 3.67. The fraction of sp³-hybridized carbons (Fsp3) is 0.600. The number of amides is 2. The first-order chi connectivity index (χ1) is 12.5. The number of nitrogens with one attached hydrogen (secondary N) is 2. The quantitative estimate of drug-likeness (QED) is 0.662. The molecule has 0 aromatic heterocycles. The molecule has 0 aliphatic heterocycles. The molecule has 1 aromatic rings. The van der Waals surface area contributed by atoms with Gasteiger partial charge in [0.1, 0.15) is 5.75 Å². The lowest BCUT2D eigenvalue weighted by Gasteiger charge is -2.32. The lowest BCUT2D eigenvalue weighted by atomic mass is 9.84. The van der Waals surface area contributed by atoms with E-state index in [4.69, 9.17) is 10.5 Å². The zero-order valence-electron chi connectivity index (χ0n) is 15.8. The van der Waals surface area contributed by atoms with E-state index >= 15 is 0 Å². The van der Waals surface area contributed by atoms with Gasteiger partial charge < -0.3 is 21.1 Å². The Kier molecular flexibility index (Phi) is 7.91. The van der Waals surface area contributed by atoms with Gasteiger partial charge in [-0.25, -0.2) is 0 Å². The van der Waals surface area contributed by atoms with Gasteiger partial charge in [-0.05, 0) is 38.3 Å². The zero-order valence-corrected chi connectivity index (χ0v) is 15.8. The maximum absolute atomic E-state index is 12.7. The molecule has 4 N–H and O–H groups in total. The van der Waals surface area contributed by atoms with Gasteiger partial charge in [-0.15, -0.1) is 0 Å². The van der Waals surface area contributed by atoms with Crippen LogP contribution in [0.15, 0.2) is 24.3 Å². The van der Waals surface area contributed by atoms with Gasteiger partial charge in [-0.3, -0.25) is 9.59 Å². The predicted molar refractivity (Wildman–Crippen MR) is 102 cm³/mol. The van der Waals surface area contributed by atoms with Crippen molar-refractivity contribution >= 4 is 11.8 Å². The van der Waals surface area contributed by atoms with Crippen LogP contribution in [0.3, 0.4) is 0 Å². The Labute approximate surface area is 155 Å². The van der Waals surface area contributed by atoms with Gasteiger partial charge in [0.25, 0.3) is 0 Å². The molecular weight excluding hydrogens is 330 g/mol. The summed E-state index contributed by atoms with van der Waals surface area (Å²) in [7, 11) is 0. The number of hydrogen-bond donors (Lipinski definition) is 3. The molecular formula is C20H31N3O3. The van der Waals surface area contributed by atoms with E-state index in [-0.39, 0.29) is 24.3 Å². The molecule has 26 heavy (non-hydrogen) atoms. The topological polar surface area (TPSA) is 93.4 Å². The largest absolute Gasteiger partial charge is 0.494 e. The smallest absolute Gasteiger partial charge is 0.222 e. The van der Waals surface area contributed by atoms with E-state index in [2.05, 4.69) is 10.6 Å². The average molecular weight is 361 g/mol. The Morgan fingerprint density at radius 3 is 2.69 bits per heavy atom. The van der Waals surface area contributed by atoms with E-state index in [9.17, 15) is 9.59 Å². The number of benzene rings is 1. The van der Waals surface area contributed by atoms with Crippen molar-refractivity contribution in [3.8, 4) is 5.75 Å². The van der Waals surface area contributed by atoms with E-state index in [1.807, 2.05) is 31.2 Å². The number of rotatable bonds is 8. The first-order valence-corrected chi connectivity index (χ1v) is 9.53. The maximum atomic E-state index is 12.7. The van der Waals surface area contributed by atoms with Gasteiger partial charge in [0.15, 0.2) is 0 Å². The van der Waals surface area contributed by atoms with Gasteiger partial charge >= 0.3 is 0 Å². The molecule has 0 radical (unpaired) electrons. The minimum atomic E-state index is -0.421. The summed E-state index contributed by atoms with van der Waals surface area (Å²) >= 11 is 0. The van der Waals surface area contributed by atoms with E-state index in [0.29, 0.717) is 24.8 Å². The van der Waals surface area contributed by atoms with Crippen LogP contribution in [0, 0.1) is 5.92 Å². The number of nitrogens with two attached hydrogens (primary N) is 1. The zero-order chi connectivity index (χ0) is 18.9.